The number of anilines is 2. The van der Waals surface area contributed by atoms with E-state index in [-0.39, 0.29) is 22.8 Å². The molecule has 2 aliphatic rings. The number of nitrogens with zero attached hydrogens (tertiary/aromatic N) is 3. The topological polar surface area (TPSA) is 115 Å². The van der Waals surface area contributed by atoms with E-state index in [1.54, 1.807) is 20.8 Å². The molecule has 1 saturated heterocycles. The molecule has 1 aromatic carbocycles. The van der Waals surface area contributed by atoms with Gasteiger partial charge in [0, 0.05) is 31.0 Å². The maximum Gasteiger partial charge on any atom is 0.408 e. The molecule has 2 aliphatic heterocycles. The molecule has 0 aliphatic carbocycles. The van der Waals surface area contributed by atoms with Gasteiger partial charge < -0.3 is 29.4 Å². The van der Waals surface area contributed by atoms with Crippen LogP contribution in [-0.4, -0.2) is 67.7 Å². The van der Waals surface area contributed by atoms with E-state index in [4.69, 9.17) is 13.9 Å². The zero-order valence-electron chi connectivity index (χ0n) is 30.0. The van der Waals surface area contributed by atoms with Crippen molar-refractivity contribution in [2.45, 2.75) is 90.8 Å². The lowest BCUT2D eigenvalue weighted by Gasteiger charge is -2.49. The Bertz CT molecular complexity index is 1760. The quantitative estimate of drug-likeness (QED) is 0.242. The molecular formula is C36H46F3N5O5Si. The zero-order valence-corrected chi connectivity index (χ0v) is 31.0. The van der Waals surface area contributed by atoms with Crippen LogP contribution >= 0.6 is 0 Å². The molecule has 3 aromatic rings. The summed E-state index contributed by atoms with van der Waals surface area (Å²) < 4.78 is 62.3. The van der Waals surface area contributed by atoms with Crippen LogP contribution in [0.5, 0.6) is 5.88 Å². The summed E-state index contributed by atoms with van der Waals surface area (Å²) in [7, 11) is -2.28. The zero-order chi connectivity index (χ0) is 36.8. The predicted octanol–water partition coefficient (Wildman–Crippen LogP) is 7.49. The van der Waals surface area contributed by atoms with Crippen molar-refractivity contribution in [2.24, 2.45) is 5.92 Å². The molecule has 50 heavy (non-hydrogen) atoms. The number of carbonyl (C=O) groups is 2. The fourth-order valence-corrected chi connectivity index (χ4v) is 7.41. The molecule has 0 bridgehead atoms. The largest absolute Gasteiger partial charge is 0.477 e. The van der Waals surface area contributed by atoms with E-state index in [0.29, 0.717) is 43.4 Å². The van der Waals surface area contributed by atoms with Gasteiger partial charge in [0.15, 0.2) is 8.32 Å². The molecule has 10 nitrogen and oxygen atoms in total. The summed E-state index contributed by atoms with van der Waals surface area (Å²) >= 11 is 0. The highest BCUT2D eigenvalue weighted by molar-refractivity contribution is 6.74. The van der Waals surface area contributed by atoms with Crippen molar-refractivity contribution in [3.63, 3.8) is 0 Å². The molecule has 2 amide bonds. The van der Waals surface area contributed by atoms with Crippen LogP contribution in [0, 0.1) is 23.4 Å². The lowest BCUT2D eigenvalue weighted by Crippen LogP contribution is -2.63. The Morgan fingerprint density at radius 2 is 1.68 bits per heavy atom. The number of aromatic nitrogens is 2. The highest BCUT2D eigenvalue weighted by atomic mass is 28.4. The van der Waals surface area contributed by atoms with Gasteiger partial charge in [0.05, 0.1) is 41.9 Å². The minimum absolute atomic E-state index is 0.0761. The molecule has 1 fully saturated rings. The molecule has 0 spiro atoms. The number of piperidine rings is 1. The standard InChI is InChI=1S/C36H46F3N5O5Si/c1-20-18-44(19-27(43-34(46)48-35(2,3)4)31(20)49-50(8,9)36(5,6)7)30-21-15-16-47-33(21)40-17-26(30)42-32(45)25-14-13-24(39)29(41-25)28-22(37)11-10-12-23(28)38/h10-14,17,20,27,31H,15-16,18-19H2,1-9H3,(H,42,45)(H,43,46)/t20-,27+,31+/m0/s1. The van der Waals surface area contributed by atoms with Crippen LogP contribution in [0.2, 0.25) is 18.1 Å². The Hall–Kier alpha value is -4.17. The third-order valence-electron chi connectivity index (χ3n) is 9.37. The van der Waals surface area contributed by atoms with E-state index in [0.717, 1.165) is 35.9 Å². The normalized spacial score (nSPS) is 19.4. The first-order valence-electron chi connectivity index (χ1n) is 16.7. The molecule has 4 heterocycles. The highest BCUT2D eigenvalue weighted by Gasteiger charge is 2.46. The van der Waals surface area contributed by atoms with Crippen molar-refractivity contribution < 1.29 is 36.7 Å². The van der Waals surface area contributed by atoms with E-state index in [1.165, 1.54) is 6.20 Å². The number of nitrogens with one attached hydrogen (secondary N) is 2. The molecule has 270 valence electrons. The van der Waals surface area contributed by atoms with Crippen LogP contribution in [0.15, 0.2) is 36.5 Å². The van der Waals surface area contributed by atoms with Gasteiger partial charge in [-0.1, -0.05) is 33.8 Å². The Kier molecular flexibility index (Phi) is 10.3. The smallest absolute Gasteiger partial charge is 0.408 e. The minimum Gasteiger partial charge on any atom is -0.477 e. The lowest BCUT2D eigenvalue weighted by molar-refractivity contribution is 0.0336. The molecular weight excluding hydrogens is 668 g/mol. The summed E-state index contributed by atoms with van der Waals surface area (Å²) in [5, 5.41) is 5.84. The number of carbonyl (C=O) groups excluding carboxylic acids is 2. The van der Waals surface area contributed by atoms with Crippen molar-refractivity contribution in [2.75, 3.05) is 29.9 Å². The van der Waals surface area contributed by atoms with Crippen LogP contribution < -0.4 is 20.3 Å². The first-order chi connectivity index (χ1) is 23.3. The van der Waals surface area contributed by atoms with Crippen molar-refractivity contribution in [1.82, 2.24) is 15.3 Å². The maximum absolute atomic E-state index is 14.8. The van der Waals surface area contributed by atoms with Gasteiger partial charge >= 0.3 is 6.09 Å². The van der Waals surface area contributed by atoms with Crippen molar-refractivity contribution in [3.05, 3.63) is 65.2 Å². The Labute approximate surface area is 292 Å². The van der Waals surface area contributed by atoms with E-state index >= 15 is 0 Å². The third-order valence-corrected chi connectivity index (χ3v) is 13.8. The Morgan fingerprint density at radius 1 is 1.00 bits per heavy atom. The first-order valence-corrected chi connectivity index (χ1v) is 19.7. The Balaban J connectivity index is 1.50. The summed E-state index contributed by atoms with van der Waals surface area (Å²) in [5.41, 5.74) is -0.512. The second kappa shape index (κ2) is 13.9. The number of ether oxygens (including phenoxy) is 2. The van der Waals surface area contributed by atoms with Crippen LogP contribution in [0.25, 0.3) is 11.3 Å². The summed E-state index contributed by atoms with van der Waals surface area (Å²) in [6.45, 7) is 19.5. The molecule has 0 radical (unpaired) electrons. The second-order valence-corrected chi connectivity index (χ2v) is 20.2. The number of hydrogen-bond acceptors (Lipinski definition) is 8. The molecule has 0 unspecified atom stereocenters. The van der Waals surface area contributed by atoms with Gasteiger partial charge in [-0.25, -0.2) is 27.9 Å². The summed E-state index contributed by atoms with van der Waals surface area (Å²) in [4.78, 5) is 37.4. The molecule has 3 atom stereocenters. The molecule has 2 aromatic heterocycles. The van der Waals surface area contributed by atoms with Crippen molar-refractivity contribution in [1.29, 1.82) is 0 Å². The van der Waals surface area contributed by atoms with E-state index in [9.17, 15) is 22.8 Å². The number of alkyl carbamates (subject to hydrolysis) is 1. The van der Waals surface area contributed by atoms with Gasteiger partial charge in [-0.2, -0.15) is 0 Å². The van der Waals surface area contributed by atoms with Gasteiger partial charge in [0.25, 0.3) is 5.91 Å². The first kappa shape index (κ1) is 37.1. The van der Waals surface area contributed by atoms with Gasteiger partial charge in [-0.05, 0) is 63.2 Å². The number of amides is 2. The predicted molar refractivity (Wildman–Crippen MR) is 188 cm³/mol. The van der Waals surface area contributed by atoms with Crippen molar-refractivity contribution in [3.8, 4) is 17.1 Å². The van der Waals surface area contributed by atoms with Crippen LogP contribution in [-0.2, 0) is 15.6 Å². The molecule has 5 rings (SSSR count). The second-order valence-electron chi connectivity index (χ2n) is 15.5. The Morgan fingerprint density at radius 3 is 2.32 bits per heavy atom. The minimum atomic E-state index is -2.28. The van der Waals surface area contributed by atoms with Crippen LogP contribution in [0.4, 0.5) is 29.3 Å². The van der Waals surface area contributed by atoms with E-state index < -0.39 is 60.7 Å². The average molecular weight is 714 g/mol. The monoisotopic (exact) mass is 713 g/mol. The van der Waals surface area contributed by atoms with Gasteiger partial charge in [-0.15, -0.1) is 0 Å². The number of fused-ring (bicyclic) bond motifs is 1. The number of hydrogen-bond donors (Lipinski definition) is 2. The lowest BCUT2D eigenvalue weighted by atomic mass is 9.91. The fourth-order valence-electron chi connectivity index (χ4n) is 5.98. The summed E-state index contributed by atoms with van der Waals surface area (Å²) in [5.74, 6) is -3.39. The van der Waals surface area contributed by atoms with E-state index in [2.05, 4.69) is 66.3 Å². The van der Waals surface area contributed by atoms with Crippen LogP contribution in [0.1, 0.15) is 64.5 Å². The molecule has 2 N–H and O–H groups in total. The number of benzene rings is 1. The van der Waals surface area contributed by atoms with E-state index in [1.807, 2.05) is 0 Å². The maximum atomic E-state index is 14.8. The molecule has 0 saturated carbocycles. The van der Waals surface area contributed by atoms with Gasteiger partial charge in [0.1, 0.15) is 34.4 Å². The number of pyridine rings is 2. The third kappa shape index (κ3) is 7.91. The highest BCUT2D eigenvalue weighted by Crippen LogP contribution is 2.43. The summed E-state index contributed by atoms with van der Waals surface area (Å²) in [6, 6.07) is 4.73. The number of rotatable bonds is 7. The van der Waals surface area contributed by atoms with Gasteiger partial charge in [0.2, 0.25) is 5.88 Å². The average Bonchev–Trinajstić information content (AvgIpc) is 3.47. The summed E-state index contributed by atoms with van der Waals surface area (Å²) in [6.07, 6.45) is 1.09. The van der Waals surface area contributed by atoms with Crippen molar-refractivity contribution >= 4 is 31.7 Å². The fraction of sp³-hybridized carbons (Fsp3) is 0.500. The number of halogens is 3. The van der Waals surface area contributed by atoms with Crippen LogP contribution in [0.3, 0.4) is 0 Å². The molecule has 14 heteroatoms. The SMILES string of the molecule is C[C@H]1CN(c2c(NC(=O)c3ccc(F)c(-c4c(F)cccc4F)n3)cnc3c2CCO3)C[C@@H](NC(=O)OC(C)(C)C)[C@@H]1O[Si](C)(C)C(C)(C)C. The van der Waals surface area contributed by atoms with Gasteiger partial charge in [-0.3, -0.25) is 4.79 Å².